The van der Waals surface area contributed by atoms with E-state index in [1.54, 1.807) is 13.1 Å². The van der Waals surface area contributed by atoms with E-state index in [9.17, 15) is 10.1 Å². The van der Waals surface area contributed by atoms with E-state index in [-0.39, 0.29) is 11.9 Å². The van der Waals surface area contributed by atoms with Crippen molar-refractivity contribution < 1.29 is 4.79 Å². The van der Waals surface area contributed by atoms with Crippen molar-refractivity contribution in [3.63, 3.8) is 0 Å². The topological polar surface area (TPSA) is 99.7 Å². The average Bonchev–Trinajstić information content (AvgIpc) is 3.13. The number of carbonyl (C=O) groups excluding carboxylic acids is 1. The Balaban J connectivity index is 1.85. The van der Waals surface area contributed by atoms with Gasteiger partial charge in [-0.05, 0) is 38.3 Å². The Morgan fingerprint density at radius 3 is 2.92 bits per heavy atom. The van der Waals surface area contributed by atoms with Gasteiger partial charge in [0.25, 0.3) is 5.91 Å². The lowest BCUT2D eigenvalue weighted by Crippen LogP contribution is -2.38. The summed E-state index contributed by atoms with van der Waals surface area (Å²) in [6, 6.07) is 4.11. The van der Waals surface area contributed by atoms with E-state index < -0.39 is 0 Å². The summed E-state index contributed by atoms with van der Waals surface area (Å²) in [6.45, 7) is 5.26. The fourth-order valence-electron chi connectivity index (χ4n) is 3.10. The molecule has 0 aromatic carbocycles. The number of aryl methyl sites for hydroxylation is 1. The largest absolute Gasteiger partial charge is 0.354 e. The van der Waals surface area contributed by atoms with Gasteiger partial charge in [0.15, 0.2) is 5.82 Å². The third-order valence-electron chi connectivity index (χ3n) is 4.69. The maximum Gasteiger partial charge on any atom is 0.271 e. The van der Waals surface area contributed by atoms with Gasteiger partial charge < -0.3 is 10.2 Å². The molecule has 2 aromatic rings. The standard InChI is InChI=1S/C17H21N7O/c1-11-12(2)20-21-16(14(11)9-18)23-7-4-5-13(10-23)24-8-6-15(22-24)17(25)19-3/h6,8,13H,4-5,7,10H2,1-3H3,(H,19,25)/t13-/m1/s1. The first-order chi connectivity index (χ1) is 12.0. The first kappa shape index (κ1) is 16.9. The minimum atomic E-state index is -0.196. The normalized spacial score (nSPS) is 17.2. The van der Waals surface area contributed by atoms with Crippen LogP contribution in [0.5, 0.6) is 0 Å². The van der Waals surface area contributed by atoms with Crippen LogP contribution in [0.3, 0.4) is 0 Å². The lowest BCUT2D eigenvalue weighted by Gasteiger charge is -2.34. The van der Waals surface area contributed by atoms with Gasteiger partial charge in [-0.25, -0.2) is 0 Å². The second-order valence-electron chi connectivity index (χ2n) is 6.22. The van der Waals surface area contributed by atoms with Gasteiger partial charge in [-0.2, -0.15) is 15.5 Å². The molecule has 1 aliphatic heterocycles. The van der Waals surface area contributed by atoms with Crippen molar-refractivity contribution in [2.45, 2.75) is 32.7 Å². The Labute approximate surface area is 146 Å². The molecular weight excluding hydrogens is 318 g/mol. The number of nitrogens with zero attached hydrogens (tertiary/aromatic N) is 6. The molecular formula is C17H21N7O. The molecule has 0 unspecified atom stereocenters. The molecule has 2 aromatic heterocycles. The summed E-state index contributed by atoms with van der Waals surface area (Å²) in [5, 5.41) is 24.9. The highest BCUT2D eigenvalue weighted by Crippen LogP contribution is 2.28. The summed E-state index contributed by atoms with van der Waals surface area (Å²) < 4.78 is 1.83. The van der Waals surface area contributed by atoms with Gasteiger partial charge in [-0.15, -0.1) is 5.10 Å². The molecule has 0 aliphatic carbocycles. The third-order valence-corrected chi connectivity index (χ3v) is 4.69. The molecule has 8 nitrogen and oxygen atoms in total. The van der Waals surface area contributed by atoms with Crippen molar-refractivity contribution in [2.24, 2.45) is 0 Å². The number of carbonyl (C=O) groups is 1. The van der Waals surface area contributed by atoms with Crippen molar-refractivity contribution in [3.05, 3.63) is 34.8 Å². The van der Waals surface area contributed by atoms with Crippen LogP contribution in [0.25, 0.3) is 0 Å². The highest BCUT2D eigenvalue weighted by atomic mass is 16.1. The molecule has 3 rings (SSSR count). The molecule has 3 heterocycles. The van der Waals surface area contributed by atoms with E-state index in [4.69, 9.17) is 0 Å². The number of rotatable bonds is 3. The van der Waals surface area contributed by atoms with Crippen LogP contribution in [-0.2, 0) is 0 Å². The summed E-state index contributed by atoms with van der Waals surface area (Å²) >= 11 is 0. The Morgan fingerprint density at radius 1 is 1.40 bits per heavy atom. The molecule has 130 valence electrons. The number of nitrogens with one attached hydrogen (secondary N) is 1. The van der Waals surface area contributed by atoms with Gasteiger partial charge in [0.05, 0.1) is 11.7 Å². The van der Waals surface area contributed by atoms with E-state index in [2.05, 4.69) is 31.6 Å². The van der Waals surface area contributed by atoms with Crippen molar-refractivity contribution in [2.75, 3.05) is 25.0 Å². The minimum Gasteiger partial charge on any atom is -0.354 e. The summed E-state index contributed by atoms with van der Waals surface area (Å²) in [7, 11) is 1.59. The zero-order valence-electron chi connectivity index (χ0n) is 14.7. The van der Waals surface area contributed by atoms with E-state index >= 15 is 0 Å². The fourth-order valence-corrected chi connectivity index (χ4v) is 3.10. The van der Waals surface area contributed by atoms with Crippen LogP contribution in [0.15, 0.2) is 12.3 Å². The number of aromatic nitrogens is 4. The molecule has 0 radical (unpaired) electrons. The first-order valence-electron chi connectivity index (χ1n) is 8.31. The van der Waals surface area contributed by atoms with Gasteiger partial charge in [-0.1, -0.05) is 0 Å². The summed E-state index contributed by atoms with van der Waals surface area (Å²) in [6.07, 6.45) is 3.75. The van der Waals surface area contributed by atoms with E-state index in [0.29, 0.717) is 23.6 Å². The molecule has 0 spiro atoms. The second kappa shape index (κ2) is 6.89. The quantitative estimate of drug-likeness (QED) is 0.906. The lowest BCUT2D eigenvalue weighted by atomic mass is 10.0. The Bertz CT molecular complexity index is 836. The van der Waals surface area contributed by atoms with E-state index in [0.717, 1.165) is 30.6 Å². The molecule has 1 amide bonds. The Kier molecular flexibility index (Phi) is 4.65. The molecule has 1 aliphatic rings. The molecule has 0 bridgehead atoms. The van der Waals surface area contributed by atoms with Crippen LogP contribution in [0.4, 0.5) is 5.82 Å². The zero-order chi connectivity index (χ0) is 18.0. The van der Waals surface area contributed by atoms with E-state index in [1.165, 1.54) is 0 Å². The van der Waals surface area contributed by atoms with Crippen molar-refractivity contribution >= 4 is 11.7 Å². The highest BCUT2D eigenvalue weighted by Gasteiger charge is 2.26. The molecule has 1 saturated heterocycles. The number of nitriles is 1. The van der Waals surface area contributed by atoms with Gasteiger partial charge in [0.1, 0.15) is 17.3 Å². The SMILES string of the molecule is CNC(=O)c1ccn([C@@H]2CCCN(c3nnc(C)c(C)c3C#N)C2)n1. The maximum atomic E-state index is 11.7. The number of anilines is 1. The predicted molar refractivity (Wildman–Crippen MR) is 92.3 cm³/mol. The van der Waals surface area contributed by atoms with Crippen LogP contribution in [0.1, 0.15) is 46.2 Å². The van der Waals surface area contributed by atoms with Crippen LogP contribution in [0.2, 0.25) is 0 Å². The molecule has 0 saturated carbocycles. The highest BCUT2D eigenvalue weighted by molar-refractivity contribution is 5.91. The molecule has 25 heavy (non-hydrogen) atoms. The maximum absolute atomic E-state index is 11.7. The van der Waals surface area contributed by atoms with Crippen molar-refractivity contribution in [1.29, 1.82) is 5.26 Å². The number of hydrogen-bond donors (Lipinski definition) is 1. The van der Waals surface area contributed by atoms with E-state index in [1.807, 2.05) is 24.7 Å². The lowest BCUT2D eigenvalue weighted by molar-refractivity contribution is 0.0957. The van der Waals surface area contributed by atoms with Gasteiger partial charge in [-0.3, -0.25) is 9.48 Å². The Hall–Kier alpha value is -2.95. The smallest absolute Gasteiger partial charge is 0.271 e. The van der Waals surface area contributed by atoms with Crippen LogP contribution in [-0.4, -0.2) is 46.0 Å². The second-order valence-corrected chi connectivity index (χ2v) is 6.22. The molecule has 8 heteroatoms. The zero-order valence-corrected chi connectivity index (χ0v) is 14.7. The Morgan fingerprint density at radius 2 is 2.20 bits per heavy atom. The number of amides is 1. The van der Waals surface area contributed by atoms with Gasteiger partial charge in [0, 0.05) is 26.3 Å². The van der Waals surface area contributed by atoms with Crippen molar-refractivity contribution in [3.8, 4) is 6.07 Å². The first-order valence-corrected chi connectivity index (χ1v) is 8.31. The summed E-state index contributed by atoms with van der Waals surface area (Å²) in [5.41, 5.74) is 2.63. The summed E-state index contributed by atoms with van der Waals surface area (Å²) in [4.78, 5) is 13.8. The number of hydrogen-bond acceptors (Lipinski definition) is 6. The molecule has 1 atom stereocenters. The monoisotopic (exact) mass is 339 g/mol. The van der Waals surface area contributed by atoms with Gasteiger partial charge in [0.2, 0.25) is 0 Å². The van der Waals surface area contributed by atoms with Crippen LogP contribution < -0.4 is 10.2 Å². The fraction of sp³-hybridized carbons (Fsp3) is 0.471. The number of piperidine rings is 1. The van der Waals surface area contributed by atoms with Gasteiger partial charge >= 0.3 is 0 Å². The molecule has 1 fully saturated rings. The molecule has 1 N–H and O–H groups in total. The third kappa shape index (κ3) is 3.18. The minimum absolute atomic E-state index is 0.127. The summed E-state index contributed by atoms with van der Waals surface area (Å²) in [5.74, 6) is 0.437. The predicted octanol–water partition coefficient (Wildman–Crippen LogP) is 1.36. The van der Waals surface area contributed by atoms with Crippen molar-refractivity contribution in [1.82, 2.24) is 25.3 Å². The van der Waals surface area contributed by atoms with Crippen LogP contribution in [0, 0.1) is 25.2 Å². The van der Waals surface area contributed by atoms with Crippen LogP contribution >= 0.6 is 0 Å². The average molecular weight is 339 g/mol.